The maximum atomic E-state index is 11.8. The first-order valence-corrected chi connectivity index (χ1v) is 18.3. The van der Waals surface area contributed by atoms with Crippen LogP contribution in [0.4, 0.5) is 11.4 Å². The third-order valence-corrected chi connectivity index (χ3v) is 11.0. The molecule has 2 heterocycles. The first kappa shape index (κ1) is 36.0. The van der Waals surface area contributed by atoms with Crippen molar-refractivity contribution in [2.75, 3.05) is 24.7 Å². The van der Waals surface area contributed by atoms with Gasteiger partial charge in [-0.3, -0.25) is 8.98 Å². The summed E-state index contributed by atoms with van der Waals surface area (Å²) in [5, 5.41) is 13.3. The number of hydrogen-bond donors (Lipinski definition) is 3. The van der Waals surface area contributed by atoms with E-state index in [1.807, 2.05) is 54.6 Å². The highest BCUT2D eigenvalue weighted by Gasteiger charge is 2.44. The Morgan fingerprint density at radius 2 is 1.80 bits per heavy atom. The number of hydrogen-bond acceptors (Lipinski definition) is 7. The smallest absolute Gasteiger partial charge is 0.303 e. The first-order valence-electron chi connectivity index (χ1n) is 15.6. The van der Waals surface area contributed by atoms with E-state index < -0.39 is 16.1 Å². The van der Waals surface area contributed by atoms with E-state index in [-0.39, 0.29) is 23.0 Å². The van der Waals surface area contributed by atoms with Gasteiger partial charge in [-0.1, -0.05) is 42.7 Å². The Morgan fingerprint density at radius 3 is 2.52 bits per heavy atom. The molecule has 0 fully saturated rings. The second-order valence-corrected chi connectivity index (χ2v) is 15.4. The number of halogens is 1. The number of aliphatic carboxylic acids is 1. The van der Waals surface area contributed by atoms with Gasteiger partial charge in [0.2, 0.25) is 5.69 Å². The third-order valence-electron chi connectivity index (χ3n) is 9.00. The molecule has 2 aromatic carbocycles. The zero-order valence-corrected chi connectivity index (χ0v) is 29.3. The lowest BCUT2D eigenvalue weighted by atomic mass is 9.77. The van der Waals surface area contributed by atoms with Crippen LogP contribution in [-0.4, -0.2) is 53.7 Å². The van der Waals surface area contributed by atoms with E-state index >= 15 is 0 Å². The van der Waals surface area contributed by atoms with Crippen LogP contribution in [0.25, 0.3) is 0 Å². The predicted molar refractivity (Wildman–Crippen MR) is 187 cm³/mol. The van der Waals surface area contributed by atoms with Crippen LogP contribution in [-0.2, 0) is 29.9 Å². The summed E-state index contributed by atoms with van der Waals surface area (Å²) in [6.45, 7) is 7.19. The van der Waals surface area contributed by atoms with Crippen molar-refractivity contribution < 1.29 is 31.6 Å². The summed E-state index contributed by atoms with van der Waals surface area (Å²) >= 11 is 7.12. The van der Waals surface area contributed by atoms with Crippen LogP contribution in [0.1, 0.15) is 76.8 Å². The molecule has 2 aliphatic heterocycles. The Balaban J connectivity index is 1.56. The first-order chi connectivity index (χ1) is 21.8. The van der Waals surface area contributed by atoms with Gasteiger partial charge in [0.1, 0.15) is 6.54 Å². The normalized spacial score (nSPS) is 19.7. The number of fused-ring (bicyclic) bond motifs is 2. The molecule has 0 saturated heterocycles. The summed E-state index contributed by atoms with van der Waals surface area (Å²) in [7, 11) is -2.30. The number of allylic oxidation sites excluding steroid dienone is 6. The number of unbranched alkanes of at least 4 members (excludes halogenated alkanes) is 3. The molecule has 248 valence electrons. The largest absolute Gasteiger partial charge is 0.481 e. The number of nitrogens with zero attached hydrogens (tertiary/aromatic N) is 1. The molecule has 0 aliphatic carbocycles. The minimum atomic E-state index is -3.50. The van der Waals surface area contributed by atoms with Crippen LogP contribution in [0.2, 0.25) is 5.02 Å². The fourth-order valence-electron chi connectivity index (χ4n) is 6.38. The average molecular weight is 688 g/mol. The van der Waals surface area contributed by atoms with E-state index in [4.69, 9.17) is 16.7 Å². The van der Waals surface area contributed by atoms with Gasteiger partial charge in [-0.15, -0.1) is 0 Å². The molecular formula is C35H44ClN2O6S2+. The van der Waals surface area contributed by atoms with E-state index in [0.29, 0.717) is 30.8 Å². The number of anilines is 1. The van der Waals surface area contributed by atoms with Crippen molar-refractivity contribution in [1.82, 2.24) is 0 Å². The van der Waals surface area contributed by atoms with E-state index in [9.17, 15) is 17.8 Å². The summed E-state index contributed by atoms with van der Waals surface area (Å²) in [6, 6.07) is 11.8. The fraction of sp³-hybridized carbons (Fsp3) is 0.429. The standard InChI is InChI=1S/C35H43ClN2O6S2/c1-34(2)28-23-25(36)16-19-30(28)38(21-11-12-22-46(42,43)44-4)32(34)14-8-5-7-13-31-35(3,20-10-6-9-15-33(39)40)27-24-26(45-41)17-18-29(27)37-31/h5,7-8,13-14,16-19,23-24H,6,9-12,15,20-22H2,1-4H3,(H2,39,40,41)/p+1. The van der Waals surface area contributed by atoms with Crippen molar-refractivity contribution >= 4 is 56.8 Å². The average Bonchev–Trinajstić information content (AvgIpc) is 3.40. The summed E-state index contributed by atoms with van der Waals surface area (Å²) < 4.78 is 40.2. The molecule has 46 heavy (non-hydrogen) atoms. The Hall–Kier alpha value is -2.89. The molecule has 1 atom stereocenters. The molecule has 8 nitrogen and oxygen atoms in total. The second-order valence-electron chi connectivity index (χ2n) is 12.5. The summed E-state index contributed by atoms with van der Waals surface area (Å²) in [5.74, 6) is -0.786. The zero-order chi connectivity index (χ0) is 33.5. The van der Waals surface area contributed by atoms with Crippen molar-refractivity contribution in [2.45, 2.75) is 81.4 Å². The number of carboxylic acid groups (broad SMARTS) is 1. The number of carbonyl (C=O) groups is 1. The maximum Gasteiger partial charge on any atom is 0.303 e. The van der Waals surface area contributed by atoms with Gasteiger partial charge in [-0.25, -0.2) is 0 Å². The van der Waals surface area contributed by atoms with Crippen molar-refractivity contribution in [1.29, 1.82) is 0 Å². The molecule has 1 unspecified atom stereocenters. The molecule has 0 radical (unpaired) electrons. The molecular weight excluding hydrogens is 644 g/mol. The van der Waals surface area contributed by atoms with Crippen molar-refractivity contribution in [3.63, 3.8) is 0 Å². The van der Waals surface area contributed by atoms with E-state index in [0.717, 1.165) is 70.1 Å². The van der Waals surface area contributed by atoms with E-state index in [1.54, 1.807) is 0 Å². The monoisotopic (exact) mass is 687 g/mol. The number of nitrogens with one attached hydrogen (secondary N) is 1. The van der Waals surface area contributed by atoms with Crippen molar-refractivity contribution in [3.8, 4) is 0 Å². The molecule has 0 spiro atoms. The molecule has 2 aromatic rings. The highest BCUT2D eigenvalue weighted by atomic mass is 35.5. The minimum absolute atomic E-state index is 0.0178. The topological polar surface area (TPSA) is 116 Å². The SMILES string of the molecule is COS(=O)(=O)CCCC[N+]1=C(/C=C/C=C/C=C2/Nc3ccc(SO)cc3C2(C)CCCCCC(=O)O)C(C)(C)c2cc(Cl)ccc21. The van der Waals surface area contributed by atoms with Gasteiger partial charge in [-0.05, 0) is 82.0 Å². The van der Waals surface area contributed by atoms with Crippen LogP contribution >= 0.6 is 23.6 Å². The van der Waals surface area contributed by atoms with Crippen LogP contribution in [0.5, 0.6) is 0 Å². The van der Waals surface area contributed by atoms with Gasteiger partial charge in [0, 0.05) is 69.3 Å². The lowest BCUT2D eigenvalue weighted by Crippen LogP contribution is -2.28. The van der Waals surface area contributed by atoms with E-state index in [2.05, 4.69) is 47.0 Å². The molecule has 0 amide bonds. The predicted octanol–water partition coefficient (Wildman–Crippen LogP) is 8.45. The molecule has 3 N–H and O–H groups in total. The Labute approximate surface area is 282 Å². The lowest BCUT2D eigenvalue weighted by molar-refractivity contribution is -0.438. The lowest BCUT2D eigenvalue weighted by Gasteiger charge is -2.26. The third kappa shape index (κ3) is 8.33. The molecule has 0 saturated carbocycles. The molecule has 11 heteroatoms. The fourth-order valence-corrected chi connectivity index (χ4v) is 7.58. The molecule has 0 bridgehead atoms. The summed E-state index contributed by atoms with van der Waals surface area (Å²) in [5.41, 5.74) is 5.86. The van der Waals surface area contributed by atoms with Gasteiger partial charge in [0.05, 0.1) is 18.3 Å². The molecule has 2 aliphatic rings. The molecule has 0 aromatic heterocycles. The van der Waals surface area contributed by atoms with Crippen molar-refractivity contribution in [2.24, 2.45) is 0 Å². The second kappa shape index (κ2) is 15.3. The van der Waals surface area contributed by atoms with Crippen LogP contribution < -0.4 is 5.32 Å². The quantitative estimate of drug-likeness (QED) is 0.0529. The van der Waals surface area contributed by atoms with Gasteiger partial charge in [0.15, 0.2) is 5.71 Å². The number of benzene rings is 2. The van der Waals surface area contributed by atoms with Crippen molar-refractivity contribution in [3.05, 3.63) is 88.6 Å². The highest BCUT2D eigenvalue weighted by molar-refractivity contribution is 7.93. The minimum Gasteiger partial charge on any atom is -0.481 e. The summed E-state index contributed by atoms with van der Waals surface area (Å²) in [6.07, 6.45) is 14.8. The number of rotatable bonds is 16. The highest BCUT2D eigenvalue weighted by Crippen LogP contribution is 2.48. The van der Waals surface area contributed by atoms with E-state index in [1.165, 1.54) is 7.11 Å². The summed E-state index contributed by atoms with van der Waals surface area (Å²) in [4.78, 5) is 11.7. The maximum absolute atomic E-state index is 11.8. The van der Waals surface area contributed by atoms with Gasteiger partial charge < -0.3 is 15.0 Å². The van der Waals surface area contributed by atoms with Gasteiger partial charge in [-0.2, -0.15) is 13.0 Å². The van der Waals surface area contributed by atoms with Crippen LogP contribution in [0, 0.1) is 0 Å². The number of carboxylic acids is 1. The van der Waals surface area contributed by atoms with Gasteiger partial charge >= 0.3 is 5.97 Å². The van der Waals surface area contributed by atoms with Gasteiger partial charge in [0.25, 0.3) is 10.1 Å². The Morgan fingerprint density at radius 1 is 1.02 bits per heavy atom. The van der Waals surface area contributed by atoms with Crippen LogP contribution in [0.15, 0.2) is 77.4 Å². The molecule has 4 rings (SSSR count). The van der Waals surface area contributed by atoms with Crippen LogP contribution in [0.3, 0.4) is 0 Å². The zero-order valence-electron chi connectivity index (χ0n) is 26.9. The Kier molecular flexibility index (Phi) is 12.0. The Bertz CT molecular complexity index is 1680.